The van der Waals surface area contributed by atoms with E-state index in [1.165, 1.54) is 6.33 Å². The molecule has 0 aliphatic heterocycles. The third-order valence-corrected chi connectivity index (χ3v) is 2.86. The lowest BCUT2D eigenvalue weighted by molar-refractivity contribution is 0.0510. The fraction of sp³-hybridized carbons (Fsp3) is 0.500. The van der Waals surface area contributed by atoms with Crippen LogP contribution in [0.5, 0.6) is 0 Å². The lowest BCUT2D eigenvalue weighted by Crippen LogP contribution is -2.27. The van der Waals surface area contributed by atoms with Crippen LogP contribution < -0.4 is 11.3 Å². The molecule has 0 saturated heterocycles. The molecular weight excluding hydrogens is 238 g/mol. The van der Waals surface area contributed by atoms with Crippen molar-refractivity contribution in [3.8, 4) is 0 Å². The predicted molar refractivity (Wildman–Crippen MR) is 65.0 cm³/mol. The van der Waals surface area contributed by atoms with Gasteiger partial charge in [-0.25, -0.2) is 4.98 Å². The molecule has 18 heavy (non-hydrogen) atoms. The Kier molecular flexibility index (Phi) is 3.30. The Morgan fingerprint density at radius 2 is 2.33 bits per heavy atom. The minimum atomic E-state index is -0.949. The van der Waals surface area contributed by atoms with Gasteiger partial charge in [0, 0.05) is 0 Å². The molecule has 0 radical (unpaired) electrons. The number of nitrogens with two attached hydrogens (primary N) is 1. The van der Waals surface area contributed by atoms with Gasteiger partial charge in [-0.05, 0) is 6.42 Å². The number of H-pyrrole nitrogens is 1. The number of nitrogens with zero attached hydrogens (tertiary/aromatic N) is 3. The normalized spacial score (nSPS) is 14.8. The van der Waals surface area contributed by atoms with Gasteiger partial charge in [0.15, 0.2) is 11.2 Å². The van der Waals surface area contributed by atoms with Crippen LogP contribution in [0, 0.1) is 0 Å². The lowest BCUT2D eigenvalue weighted by Gasteiger charge is -2.21. The molecular formula is C10H15N5O3. The fourth-order valence-electron chi connectivity index (χ4n) is 1.96. The minimum Gasteiger partial charge on any atom is -0.394 e. The Morgan fingerprint density at radius 3 is 2.94 bits per heavy atom. The highest BCUT2D eigenvalue weighted by molar-refractivity contribution is 5.70. The second-order valence-electron chi connectivity index (χ2n) is 4.00. The first-order valence-electron chi connectivity index (χ1n) is 5.59. The molecule has 2 unspecified atom stereocenters. The van der Waals surface area contributed by atoms with Crippen LogP contribution in [0.2, 0.25) is 0 Å². The number of hydrogen-bond donors (Lipinski definition) is 4. The largest absolute Gasteiger partial charge is 0.394 e. The van der Waals surface area contributed by atoms with Gasteiger partial charge in [-0.3, -0.25) is 9.78 Å². The average Bonchev–Trinajstić information content (AvgIpc) is 2.74. The summed E-state index contributed by atoms with van der Waals surface area (Å²) in [5.41, 5.74) is 5.52. The average molecular weight is 253 g/mol. The van der Waals surface area contributed by atoms with Crippen molar-refractivity contribution < 1.29 is 10.2 Å². The SMILES string of the molecule is CCC(C(O)CO)n1cnc2c(=O)[nH]c(N)nc21. The molecule has 0 bridgehead atoms. The second kappa shape index (κ2) is 4.75. The van der Waals surface area contributed by atoms with E-state index in [2.05, 4.69) is 15.0 Å². The molecule has 0 aromatic carbocycles. The number of aliphatic hydroxyl groups is 2. The number of rotatable bonds is 4. The van der Waals surface area contributed by atoms with Crippen LogP contribution in [-0.4, -0.2) is 42.4 Å². The molecule has 0 aliphatic carbocycles. The first-order valence-corrected chi connectivity index (χ1v) is 5.59. The smallest absolute Gasteiger partial charge is 0.280 e. The van der Waals surface area contributed by atoms with Crippen molar-refractivity contribution in [3.05, 3.63) is 16.7 Å². The van der Waals surface area contributed by atoms with Gasteiger partial charge < -0.3 is 20.5 Å². The highest BCUT2D eigenvalue weighted by Crippen LogP contribution is 2.20. The quantitative estimate of drug-likeness (QED) is 0.553. The van der Waals surface area contributed by atoms with Crippen LogP contribution in [0.25, 0.3) is 11.2 Å². The van der Waals surface area contributed by atoms with Crippen molar-refractivity contribution in [2.75, 3.05) is 12.3 Å². The molecule has 2 heterocycles. The van der Waals surface area contributed by atoms with Crippen LogP contribution in [0.15, 0.2) is 11.1 Å². The van der Waals surface area contributed by atoms with Crippen molar-refractivity contribution in [1.29, 1.82) is 0 Å². The van der Waals surface area contributed by atoms with Gasteiger partial charge >= 0.3 is 0 Å². The standard InChI is InChI=1S/C10H15N5O3/c1-2-5(6(17)3-16)15-4-12-7-8(15)13-10(11)14-9(7)18/h4-6,16-17H,2-3H2,1H3,(H3,11,13,14,18). The first-order chi connectivity index (χ1) is 8.58. The van der Waals surface area contributed by atoms with Gasteiger partial charge in [-0.1, -0.05) is 6.92 Å². The van der Waals surface area contributed by atoms with Crippen LogP contribution in [0.1, 0.15) is 19.4 Å². The predicted octanol–water partition coefficient (Wildman–Crippen LogP) is -0.994. The zero-order valence-corrected chi connectivity index (χ0v) is 9.87. The number of nitrogen functional groups attached to an aromatic ring is 1. The number of anilines is 1. The molecule has 2 aromatic heterocycles. The summed E-state index contributed by atoms with van der Waals surface area (Å²) >= 11 is 0. The number of fused-ring (bicyclic) bond motifs is 1. The zero-order chi connectivity index (χ0) is 13.3. The van der Waals surface area contributed by atoms with E-state index >= 15 is 0 Å². The van der Waals surface area contributed by atoms with Crippen LogP contribution in [0.4, 0.5) is 5.95 Å². The van der Waals surface area contributed by atoms with E-state index in [1.807, 2.05) is 6.92 Å². The highest BCUT2D eigenvalue weighted by Gasteiger charge is 2.22. The van der Waals surface area contributed by atoms with E-state index in [4.69, 9.17) is 10.8 Å². The van der Waals surface area contributed by atoms with Crippen molar-refractivity contribution in [2.24, 2.45) is 0 Å². The molecule has 2 rings (SSSR count). The van der Waals surface area contributed by atoms with Gasteiger partial charge in [-0.15, -0.1) is 0 Å². The summed E-state index contributed by atoms with van der Waals surface area (Å²) in [7, 11) is 0. The molecule has 98 valence electrons. The Bertz CT molecular complexity index is 605. The molecule has 8 nitrogen and oxygen atoms in total. The van der Waals surface area contributed by atoms with E-state index in [0.29, 0.717) is 12.1 Å². The topological polar surface area (TPSA) is 130 Å². The summed E-state index contributed by atoms with van der Waals surface area (Å²) < 4.78 is 1.56. The van der Waals surface area contributed by atoms with Crippen molar-refractivity contribution in [3.63, 3.8) is 0 Å². The molecule has 0 saturated carbocycles. The van der Waals surface area contributed by atoms with Crippen molar-refractivity contribution in [2.45, 2.75) is 25.5 Å². The van der Waals surface area contributed by atoms with Gasteiger partial charge in [0.2, 0.25) is 5.95 Å². The summed E-state index contributed by atoms with van der Waals surface area (Å²) in [6.45, 7) is 1.47. The van der Waals surface area contributed by atoms with Crippen LogP contribution >= 0.6 is 0 Å². The lowest BCUT2D eigenvalue weighted by atomic mass is 10.1. The Morgan fingerprint density at radius 1 is 1.61 bits per heavy atom. The number of nitrogens with one attached hydrogen (secondary N) is 1. The highest BCUT2D eigenvalue weighted by atomic mass is 16.3. The number of aromatic amines is 1. The third kappa shape index (κ3) is 1.95. The number of imidazole rings is 1. The number of aromatic nitrogens is 4. The summed E-state index contributed by atoms with van der Waals surface area (Å²) in [6.07, 6.45) is 1.02. The first kappa shape index (κ1) is 12.5. The Hall–Kier alpha value is -1.93. The van der Waals surface area contributed by atoms with Crippen LogP contribution in [-0.2, 0) is 0 Å². The maximum Gasteiger partial charge on any atom is 0.280 e. The zero-order valence-electron chi connectivity index (χ0n) is 9.87. The molecule has 2 atom stereocenters. The van der Waals surface area contributed by atoms with Gasteiger partial charge in [0.25, 0.3) is 5.56 Å². The third-order valence-electron chi connectivity index (χ3n) is 2.86. The molecule has 0 aliphatic rings. The monoisotopic (exact) mass is 253 g/mol. The minimum absolute atomic E-state index is 0.0115. The molecule has 0 spiro atoms. The van der Waals surface area contributed by atoms with Crippen molar-refractivity contribution in [1.82, 2.24) is 19.5 Å². The second-order valence-corrected chi connectivity index (χ2v) is 4.00. The molecule has 5 N–H and O–H groups in total. The number of hydrogen-bond acceptors (Lipinski definition) is 6. The van der Waals surface area contributed by atoms with E-state index in [9.17, 15) is 9.90 Å². The molecule has 8 heteroatoms. The maximum absolute atomic E-state index is 11.6. The van der Waals surface area contributed by atoms with Crippen molar-refractivity contribution >= 4 is 17.1 Å². The summed E-state index contributed by atoms with van der Waals surface area (Å²) in [5, 5.41) is 18.8. The van der Waals surface area contributed by atoms with E-state index in [1.54, 1.807) is 4.57 Å². The Balaban J connectivity index is 2.61. The Labute approximate surface area is 102 Å². The van der Waals surface area contributed by atoms with E-state index in [-0.39, 0.29) is 18.1 Å². The molecule has 0 amide bonds. The van der Waals surface area contributed by atoms with Gasteiger partial charge in [-0.2, -0.15) is 4.98 Å². The fourth-order valence-corrected chi connectivity index (χ4v) is 1.96. The van der Waals surface area contributed by atoms with E-state index < -0.39 is 17.7 Å². The summed E-state index contributed by atoms with van der Waals surface area (Å²) in [5.74, 6) is -0.0115. The maximum atomic E-state index is 11.6. The van der Waals surface area contributed by atoms with E-state index in [0.717, 1.165) is 0 Å². The number of aliphatic hydroxyl groups excluding tert-OH is 2. The van der Waals surface area contributed by atoms with Gasteiger partial charge in [0.05, 0.1) is 25.1 Å². The summed E-state index contributed by atoms with van der Waals surface area (Å²) in [6, 6.07) is -0.409. The molecule has 2 aromatic rings. The molecule has 0 fully saturated rings. The van der Waals surface area contributed by atoms with Gasteiger partial charge in [0.1, 0.15) is 0 Å². The van der Waals surface area contributed by atoms with Crippen LogP contribution in [0.3, 0.4) is 0 Å². The summed E-state index contributed by atoms with van der Waals surface area (Å²) in [4.78, 5) is 21.9.